The van der Waals surface area contributed by atoms with Gasteiger partial charge in [0.2, 0.25) is 0 Å². The fraction of sp³-hybridized carbons (Fsp3) is 0.148. The van der Waals surface area contributed by atoms with Gasteiger partial charge in [-0.3, -0.25) is 4.79 Å². The van der Waals surface area contributed by atoms with Crippen molar-refractivity contribution < 1.29 is 22.7 Å². The summed E-state index contributed by atoms with van der Waals surface area (Å²) >= 11 is 0. The van der Waals surface area contributed by atoms with Crippen LogP contribution in [0.2, 0.25) is 0 Å². The minimum Gasteiger partial charge on any atom is -0.497 e. The summed E-state index contributed by atoms with van der Waals surface area (Å²) in [6.45, 7) is 0. The molecule has 0 radical (unpaired) electrons. The number of halogens is 3. The fourth-order valence-corrected chi connectivity index (χ4v) is 4.00. The van der Waals surface area contributed by atoms with E-state index < -0.39 is 23.6 Å². The number of hydrogen-bond donors (Lipinski definition) is 1. The number of hydrogen-bond acceptors (Lipinski definition) is 3. The Kier molecular flexibility index (Phi) is 6.45. The second-order valence-corrected chi connectivity index (χ2v) is 7.83. The van der Waals surface area contributed by atoms with E-state index in [1.54, 1.807) is 84.9 Å². The lowest BCUT2D eigenvalue weighted by Gasteiger charge is -2.21. The Morgan fingerprint density at radius 2 is 1.59 bits per heavy atom. The molecule has 174 valence electrons. The second-order valence-electron chi connectivity index (χ2n) is 7.83. The van der Waals surface area contributed by atoms with Crippen molar-refractivity contribution in [3.05, 3.63) is 108 Å². The molecule has 0 bridgehead atoms. The van der Waals surface area contributed by atoms with Crippen LogP contribution >= 0.6 is 0 Å². The summed E-state index contributed by atoms with van der Waals surface area (Å²) in [6.07, 6.45) is -3.73. The average Bonchev–Trinajstić information content (AvgIpc) is 3.21. The first kappa shape index (κ1) is 23.2. The molecule has 4 nitrogen and oxygen atoms in total. The summed E-state index contributed by atoms with van der Waals surface area (Å²) in [5, 5.41) is 3.13. The zero-order valence-electron chi connectivity index (χ0n) is 18.6. The molecule has 1 N–H and O–H groups in total. The molecule has 1 unspecified atom stereocenters. The fourth-order valence-electron chi connectivity index (χ4n) is 4.00. The summed E-state index contributed by atoms with van der Waals surface area (Å²) in [5.74, 6) is -0.120. The molecule has 1 atom stereocenters. The molecule has 0 saturated heterocycles. The van der Waals surface area contributed by atoms with Gasteiger partial charge in [-0.25, -0.2) is 0 Å². The quantitative estimate of drug-likeness (QED) is 0.308. The number of aromatic nitrogens is 1. The molecule has 0 aliphatic rings. The molecule has 0 amide bonds. The highest BCUT2D eigenvalue weighted by Gasteiger charge is 2.41. The van der Waals surface area contributed by atoms with Gasteiger partial charge >= 0.3 is 6.18 Å². The Labute approximate surface area is 195 Å². The van der Waals surface area contributed by atoms with Crippen LogP contribution in [0, 0.1) is 0 Å². The standard InChI is InChI=1S/C27H23F3N2O2/c1-32-17-22(27(28,29)30)23(25(32)19-12-7-4-8-13-19)26(33)24(18-10-5-3-6-11-18)31-20-14-9-15-21(16-20)34-2/h3-17,24,31H,1-2H3. The number of nitrogens with one attached hydrogen (secondary N) is 1. The lowest BCUT2D eigenvalue weighted by molar-refractivity contribution is -0.137. The number of anilines is 1. The van der Waals surface area contributed by atoms with Crippen LogP contribution in [-0.2, 0) is 13.2 Å². The number of alkyl halides is 3. The summed E-state index contributed by atoms with van der Waals surface area (Å²) in [4.78, 5) is 14.0. The van der Waals surface area contributed by atoms with Crippen molar-refractivity contribution in [3.63, 3.8) is 0 Å². The van der Waals surface area contributed by atoms with Crippen molar-refractivity contribution in [2.75, 3.05) is 12.4 Å². The molecule has 0 spiro atoms. The van der Waals surface area contributed by atoms with E-state index in [1.165, 1.54) is 18.7 Å². The van der Waals surface area contributed by atoms with Crippen LogP contribution in [0.25, 0.3) is 11.3 Å². The first-order valence-corrected chi connectivity index (χ1v) is 10.6. The van der Waals surface area contributed by atoms with Crippen molar-refractivity contribution in [3.8, 4) is 17.0 Å². The summed E-state index contributed by atoms with van der Waals surface area (Å²) in [6, 6.07) is 23.2. The molecule has 3 aromatic carbocycles. The van der Waals surface area contributed by atoms with Gasteiger partial charge < -0.3 is 14.6 Å². The molecule has 7 heteroatoms. The van der Waals surface area contributed by atoms with E-state index in [2.05, 4.69) is 5.32 Å². The maximum absolute atomic E-state index is 14.1. The highest BCUT2D eigenvalue weighted by molar-refractivity contribution is 6.08. The van der Waals surface area contributed by atoms with Crippen molar-refractivity contribution in [1.29, 1.82) is 0 Å². The van der Waals surface area contributed by atoms with Gasteiger partial charge in [-0.05, 0) is 23.3 Å². The van der Waals surface area contributed by atoms with Gasteiger partial charge in [-0.15, -0.1) is 0 Å². The summed E-state index contributed by atoms with van der Waals surface area (Å²) < 4.78 is 48.9. The van der Waals surface area contributed by atoms with Gasteiger partial charge in [0, 0.05) is 25.0 Å². The number of aryl methyl sites for hydroxylation is 1. The molecule has 0 aliphatic heterocycles. The summed E-state index contributed by atoms with van der Waals surface area (Å²) in [7, 11) is 3.03. The largest absolute Gasteiger partial charge is 0.497 e. The monoisotopic (exact) mass is 464 g/mol. The first-order valence-electron chi connectivity index (χ1n) is 10.6. The van der Waals surface area contributed by atoms with Gasteiger partial charge in [-0.1, -0.05) is 66.7 Å². The third-order valence-corrected chi connectivity index (χ3v) is 5.56. The van der Waals surface area contributed by atoms with E-state index in [1.807, 2.05) is 0 Å². The third kappa shape index (κ3) is 4.69. The van der Waals surface area contributed by atoms with E-state index in [9.17, 15) is 18.0 Å². The summed E-state index contributed by atoms with van der Waals surface area (Å²) in [5.41, 5.74) is 0.500. The second kappa shape index (κ2) is 9.47. The van der Waals surface area contributed by atoms with Crippen molar-refractivity contribution in [1.82, 2.24) is 4.57 Å². The Balaban J connectivity index is 1.89. The number of carbonyl (C=O) groups excluding carboxylic acids is 1. The van der Waals surface area contributed by atoms with Crippen molar-refractivity contribution in [2.45, 2.75) is 12.2 Å². The number of rotatable bonds is 7. The van der Waals surface area contributed by atoms with Crippen LogP contribution in [0.5, 0.6) is 5.75 Å². The number of Topliss-reactive ketones (excluding diaryl/α,β-unsaturated/α-hetero) is 1. The normalized spacial score (nSPS) is 12.3. The highest BCUT2D eigenvalue weighted by atomic mass is 19.4. The molecule has 0 saturated carbocycles. The minimum atomic E-state index is -4.70. The first-order chi connectivity index (χ1) is 16.3. The Morgan fingerprint density at radius 1 is 0.941 bits per heavy atom. The predicted octanol–water partition coefficient (Wildman–Crippen LogP) is 6.76. The predicted molar refractivity (Wildman–Crippen MR) is 126 cm³/mol. The van der Waals surface area contributed by atoms with Crippen LogP contribution < -0.4 is 10.1 Å². The maximum Gasteiger partial charge on any atom is 0.418 e. The van der Waals surface area contributed by atoms with Gasteiger partial charge in [0.25, 0.3) is 0 Å². The van der Waals surface area contributed by atoms with E-state index in [-0.39, 0.29) is 11.3 Å². The number of nitrogens with zero attached hydrogens (tertiary/aromatic N) is 1. The molecule has 4 rings (SSSR count). The number of carbonyl (C=O) groups is 1. The van der Waals surface area contributed by atoms with Crippen LogP contribution in [-0.4, -0.2) is 17.5 Å². The minimum absolute atomic E-state index is 0.214. The van der Waals surface area contributed by atoms with Crippen LogP contribution in [0.3, 0.4) is 0 Å². The number of ketones is 1. The number of methoxy groups -OCH3 is 1. The van der Waals surface area contributed by atoms with E-state index in [0.29, 0.717) is 22.6 Å². The molecular formula is C27H23F3N2O2. The average molecular weight is 464 g/mol. The molecular weight excluding hydrogens is 441 g/mol. The SMILES string of the molecule is COc1cccc(NC(C(=O)c2c(C(F)(F)F)cn(C)c2-c2ccccc2)c2ccccc2)c1. The van der Waals surface area contributed by atoms with Gasteiger partial charge in [0.1, 0.15) is 11.8 Å². The van der Waals surface area contributed by atoms with Gasteiger partial charge in [0.15, 0.2) is 5.78 Å². The van der Waals surface area contributed by atoms with Crippen LogP contribution in [0.1, 0.15) is 27.5 Å². The van der Waals surface area contributed by atoms with Crippen LogP contribution in [0.15, 0.2) is 91.1 Å². The molecule has 1 heterocycles. The van der Waals surface area contributed by atoms with E-state index in [0.717, 1.165) is 6.20 Å². The number of ether oxygens (including phenoxy) is 1. The number of benzene rings is 3. The highest BCUT2D eigenvalue weighted by Crippen LogP contribution is 2.40. The Hall–Kier alpha value is -4.00. The zero-order valence-corrected chi connectivity index (χ0v) is 18.6. The van der Waals surface area contributed by atoms with Crippen molar-refractivity contribution >= 4 is 11.5 Å². The van der Waals surface area contributed by atoms with E-state index in [4.69, 9.17) is 4.74 Å². The van der Waals surface area contributed by atoms with Gasteiger partial charge in [-0.2, -0.15) is 13.2 Å². The van der Waals surface area contributed by atoms with Crippen LogP contribution in [0.4, 0.5) is 18.9 Å². The third-order valence-electron chi connectivity index (χ3n) is 5.56. The van der Waals surface area contributed by atoms with E-state index >= 15 is 0 Å². The molecule has 34 heavy (non-hydrogen) atoms. The molecule has 0 aliphatic carbocycles. The Bertz CT molecular complexity index is 1280. The molecule has 0 fully saturated rings. The Morgan fingerprint density at radius 3 is 2.21 bits per heavy atom. The maximum atomic E-state index is 14.1. The lowest BCUT2D eigenvalue weighted by atomic mass is 9.92. The van der Waals surface area contributed by atoms with Crippen molar-refractivity contribution in [2.24, 2.45) is 7.05 Å². The topological polar surface area (TPSA) is 43.3 Å². The molecule has 4 aromatic rings. The lowest BCUT2D eigenvalue weighted by Crippen LogP contribution is -2.24. The van der Waals surface area contributed by atoms with Gasteiger partial charge in [0.05, 0.1) is 23.9 Å². The molecule has 1 aromatic heterocycles. The zero-order chi connectivity index (χ0) is 24.3. The smallest absolute Gasteiger partial charge is 0.418 e.